The van der Waals surface area contributed by atoms with Crippen molar-refractivity contribution in [3.05, 3.63) is 57.3 Å². The van der Waals surface area contributed by atoms with Gasteiger partial charge in [-0.3, -0.25) is 14.9 Å². The molecular formula is C15H9ClN2O3S. The van der Waals surface area contributed by atoms with Crippen molar-refractivity contribution in [2.24, 2.45) is 0 Å². The molecule has 22 heavy (non-hydrogen) atoms. The van der Waals surface area contributed by atoms with E-state index in [2.05, 4.69) is 5.32 Å². The molecule has 1 aromatic heterocycles. The molecule has 2 heterocycles. The molecule has 3 rings (SSSR count). The number of nitrogens with zero attached hydrogens (tertiary/aromatic N) is 1. The number of anilines is 1. The van der Waals surface area contributed by atoms with E-state index in [4.69, 9.17) is 11.6 Å². The summed E-state index contributed by atoms with van der Waals surface area (Å²) in [5, 5.41) is 6.02. The predicted molar refractivity (Wildman–Crippen MR) is 84.8 cm³/mol. The van der Waals surface area contributed by atoms with E-state index < -0.39 is 17.8 Å². The van der Waals surface area contributed by atoms with Crippen LogP contribution in [0.4, 0.5) is 10.5 Å². The average Bonchev–Trinajstić information content (AvgIpc) is 2.98. The van der Waals surface area contributed by atoms with E-state index in [9.17, 15) is 14.4 Å². The maximum atomic E-state index is 12.5. The first-order valence-corrected chi connectivity index (χ1v) is 7.58. The van der Waals surface area contributed by atoms with Gasteiger partial charge in [0.2, 0.25) is 0 Å². The molecule has 0 spiro atoms. The number of carbonyl (C=O) groups is 3. The number of para-hydroxylation sites is 1. The van der Waals surface area contributed by atoms with Gasteiger partial charge in [-0.2, -0.15) is 11.3 Å². The molecule has 0 atom stereocenters. The van der Waals surface area contributed by atoms with Crippen molar-refractivity contribution in [1.82, 2.24) is 5.32 Å². The number of benzene rings is 1. The van der Waals surface area contributed by atoms with Gasteiger partial charge in [-0.1, -0.05) is 23.7 Å². The van der Waals surface area contributed by atoms with Gasteiger partial charge in [0.05, 0.1) is 10.7 Å². The van der Waals surface area contributed by atoms with Gasteiger partial charge in [0.15, 0.2) is 0 Å². The number of thiophene rings is 1. The van der Waals surface area contributed by atoms with Crippen LogP contribution < -0.4 is 10.2 Å². The van der Waals surface area contributed by atoms with Crippen molar-refractivity contribution in [2.45, 2.75) is 0 Å². The second kappa shape index (κ2) is 5.75. The minimum Gasteiger partial charge on any atom is -0.273 e. The Bertz CT molecular complexity index is 799. The third-order valence-corrected chi connectivity index (χ3v) is 4.07. The summed E-state index contributed by atoms with van der Waals surface area (Å²) >= 11 is 7.48. The van der Waals surface area contributed by atoms with Gasteiger partial charge in [0.1, 0.15) is 5.57 Å². The van der Waals surface area contributed by atoms with Gasteiger partial charge in [-0.15, -0.1) is 0 Å². The van der Waals surface area contributed by atoms with Gasteiger partial charge in [-0.05, 0) is 40.6 Å². The topological polar surface area (TPSA) is 66.5 Å². The van der Waals surface area contributed by atoms with Crippen molar-refractivity contribution in [2.75, 3.05) is 4.90 Å². The smallest absolute Gasteiger partial charge is 0.273 e. The lowest BCUT2D eigenvalue weighted by Gasteiger charge is -2.26. The fraction of sp³-hybridized carbons (Fsp3) is 0. The standard InChI is InChI=1S/C15H9ClN2O3S/c16-11-3-1-2-4-12(11)18-14(20)10(13(19)17-15(18)21)7-9-5-6-22-8-9/h1-8H,(H,17,19,21). The van der Waals surface area contributed by atoms with E-state index in [1.165, 1.54) is 23.5 Å². The Balaban J connectivity index is 2.05. The van der Waals surface area contributed by atoms with Crippen LogP contribution in [0.25, 0.3) is 6.08 Å². The summed E-state index contributed by atoms with van der Waals surface area (Å²) in [5.41, 5.74) is 0.838. The third kappa shape index (κ3) is 2.54. The molecule has 5 nitrogen and oxygen atoms in total. The lowest BCUT2D eigenvalue weighted by molar-refractivity contribution is -0.122. The van der Waals surface area contributed by atoms with Crippen molar-refractivity contribution in [3.8, 4) is 0 Å². The molecule has 1 N–H and O–H groups in total. The van der Waals surface area contributed by atoms with Crippen molar-refractivity contribution in [1.29, 1.82) is 0 Å². The summed E-state index contributed by atoms with van der Waals surface area (Å²) < 4.78 is 0. The number of halogens is 1. The highest BCUT2D eigenvalue weighted by molar-refractivity contribution is 7.08. The molecule has 0 aliphatic carbocycles. The predicted octanol–water partition coefficient (Wildman–Crippen LogP) is 3.07. The molecule has 1 fully saturated rings. The highest BCUT2D eigenvalue weighted by Gasteiger charge is 2.37. The fourth-order valence-electron chi connectivity index (χ4n) is 2.03. The molecule has 0 saturated carbocycles. The van der Waals surface area contributed by atoms with E-state index >= 15 is 0 Å². The summed E-state index contributed by atoms with van der Waals surface area (Å²) in [6.45, 7) is 0. The monoisotopic (exact) mass is 332 g/mol. The third-order valence-electron chi connectivity index (χ3n) is 3.05. The minimum absolute atomic E-state index is 0.113. The van der Waals surface area contributed by atoms with Crippen LogP contribution >= 0.6 is 22.9 Å². The number of rotatable bonds is 2. The summed E-state index contributed by atoms with van der Waals surface area (Å²) in [5.74, 6) is -1.42. The fourth-order valence-corrected chi connectivity index (χ4v) is 2.87. The van der Waals surface area contributed by atoms with E-state index in [-0.39, 0.29) is 16.3 Å². The zero-order valence-corrected chi connectivity index (χ0v) is 12.6. The van der Waals surface area contributed by atoms with Crippen LogP contribution in [0.5, 0.6) is 0 Å². The lowest BCUT2D eigenvalue weighted by Crippen LogP contribution is -2.54. The molecule has 1 aliphatic rings. The highest BCUT2D eigenvalue weighted by Crippen LogP contribution is 2.28. The maximum Gasteiger partial charge on any atom is 0.335 e. The molecule has 1 saturated heterocycles. The van der Waals surface area contributed by atoms with E-state index in [1.807, 2.05) is 5.38 Å². The van der Waals surface area contributed by atoms with Crippen LogP contribution in [0.2, 0.25) is 5.02 Å². The molecule has 110 valence electrons. The first kappa shape index (κ1) is 14.5. The van der Waals surface area contributed by atoms with Crippen LogP contribution in [0.15, 0.2) is 46.7 Å². The Morgan fingerprint density at radius 1 is 1.14 bits per heavy atom. The normalized spacial score (nSPS) is 17.0. The van der Waals surface area contributed by atoms with Gasteiger partial charge in [0, 0.05) is 0 Å². The number of hydrogen-bond donors (Lipinski definition) is 1. The van der Waals surface area contributed by atoms with Crippen LogP contribution in [0.1, 0.15) is 5.56 Å². The Labute approximate surface area is 134 Å². The highest BCUT2D eigenvalue weighted by atomic mass is 35.5. The first-order valence-electron chi connectivity index (χ1n) is 6.26. The Hall–Kier alpha value is -2.44. The number of urea groups is 1. The van der Waals surface area contributed by atoms with Gasteiger partial charge < -0.3 is 0 Å². The Kier molecular flexibility index (Phi) is 3.79. The molecule has 0 bridgehead atoms. The Morgan fingerprint density at radius 3 is 2.59 bits per heavy atom. The zero-order chi connectivity index (χ0) is 15.7. The van der Waals surface area contributed by atoms with Gasteiger partial charge in [-0.25, -0.2) is 9.69 Å². The first-order chi connectivity index (χ1) is 10.6. The minimum atomic E-state index is -0.814. The van der Waals surface area contributed by atoms with Gasteiger partial charge >= 0.3 is 6.03 Å². The lowest BCUT2D eigenvalue weighted by atomic mass is 10.1. The average molecular weight is 333 g/mol. The maximum absolute atomic E-state index is 12.5. The Morgan fingerprint density at radius 2 is 1.91 bits per heavy atom. The number of nitrogens with one attached hydrogen (secondary N) is 1. The van der Waals surface area contributed by atoms with Crippen LogP contribution in [-0.4, -0.2) is 17.8 Å². The summed E-state index contributed by atoms with van der Waals surface area (Å²) in [6, 6.07) is 7.40. The van der Waals surface area contributed by atoms with Crippen molar-refractivity contribution in [3.63, 3.8) is 0 Å². The molecule has 0 unspecified atom stereocenters. The summed E-state index contributed by atoms with van der Waals surface area (Å²) in [6.07, 6.45) is 1.45. The molecule has 2 aromatic rings. The number of barbiturate groups is 1. The van der Waals surface area contributed by atoms with Crippen molar-refractivity contribution >= 4 is 52.5 Å². The SMILES string of the molecule is O=C1NC(=O)N(c2ccccc2Cl)C(=O)C1=Cc1ccsc1. The van der Waals surface area contributed by atoms with E-state index in [0.717, 1.165) is 10.5 Å². The number of imide groups is 2. The molecule has 0 radical (unpaired) electrons. The number of carbonyl (C=O) groups excluding carboxylic acids is 3. The van der Waals surface area contributed by atoms with Crippen molar-refractivity contribution < 1.29 is 14.4 Å². The second-order valence-corrected chi connectivity index (χ2v) is 5.65. The van der Waals surface area contributed by atoms with E-state index in [0.29, 0.717) is 0 Å². The molecule has 1 aliphatic heterocycles. The molecular weight excluding hydrogens is 324 g/mol. The number of hydrogen-bond acceptors (Lipinski definition) is 4. The van der Waals surface area contributed by atoms with E-state index in [1.54, 1.807) is 29.6 Å². The quantitative estimate of drug-likeness (QED) is 0.679. The largest absolute Gasteiger partial charge is 0.335 e. The van der Waals surface area contributed by atoms with Crippen LogP contribution in [0.3, 0.4) is 0 Å². The molecule has 7 heteroatoms. The van der Waals surface area contributed by atoms with Crippen LogP contribution in [0, 0.1) is 0 Å². The molecule has 1 aromatic carbocycles. The summed E-state index contributed by atoms with van der Waals surface area (Å²) in [4.78, 5) is 37.3. The summed E-state index contributed by atoms with van der Waals surface area (Å²) in [7, 11) is 0. The molecule has 4 amide bonds. The van der Waals surface area contributed by atoms with Crippen LogP contribution in [-0.2, 0) is 9.59 Å². The van der Waals surface area contributed by atoms with Gasteiger partial charge in [0.25, 0.3) is 11.8 Å². The number of amides is 4. The zero-order valence-electron chi connectivity index (χ0n) is 11.1. The second-order valence-electron chi connectivity index (χ2n) is 4.47.